The van der Waals surface area contributed by atoms with E-state index in [0.29, 0.717) is 18.7 Å². The van der Waals surface area contributed by atoms with Crippen LogP contribution in [0, 0.1) is 17.8 Å². The summed E-state index contributed by atoms with van der Waals surface area (Å²) >= 11 is 0. The van der Waals surface area contributed by atoms with Gasteiger partial charge in [-0.15, -0.1) is 0 Å². The van der Waals surface area contributed by atoms with Crippen LogP contribution in [0.3, 0.4) is 0 Å². The van der Waals surface area contributed by atoms with Crippen LogP contribution in [-0.2, 0) is 0 Å². The Morgan fingerprint density at radius 1 is 1.20 bits per heavy atom. The number of nitrogens with one attached hydrogen (secondary N) is 1. The van der Waals surface area contributed by atoms with Crippen LogP contribution >= 0.6 is 0 Å². The van der Waals surface area contributed by atoms with Crippen LogP contribution in [0.4, 0.5) is 0 Å². The molecule has 2 fully saturated rings. The first kappa shape index (κ1) is 16.3. The van der Waals surface area contributed by atoms with E-state index >= 15 is 0 Å². The number of aliphatic hydroxyl groups excluding tert-OH is 1. The smallest absolute Gasteiger partial charge is 0.0586 e. The zero-order valence-electron chi connectivity index (χ0n) is 13.6. The van der Waals surface area contributed by atoms with Crippen LogP contribution in [0.2, 0.25) is 0 Å². The van der Waals surface area contributed by atoms with Crippen molar-refractivity contribution in [1.29, 1.82) is 0 Å². The third-order valence-electron chi connectivity index (χ3n) is 5.55. The van der Waals surface area contributed by atoms with E-state index in [2.05, 4.69) is 31.0 Å². The van der Waals surface area contributed by atoms with Gasteiger partial charge in [-0.05, 0) is 56.5 Å². The molecule has 0 bridgehead atoms. The van der Waals surface area contributed by atoms with Gasteiger partial charge in [0.05, 0.1) is 6.61 Å². The first-order valence-electron chi connectivity index (χ1n) is 8.74. The molecule has 1 saturated carbocycles. The lowest BCUT2D eigenvalue weighted by Gasteiger charge is -2.45. The van der Waals surface area contributed by atoms with Crippen LogP contribution in [0.5, 0.6) is 0 Å². The Hall–Kier alpha value is -0.120. The largest absolute Gasteiger partial charge is 0.395 e. The van der Waals surface area contributed by atoms with Crippen LogP contribution in [0.15, 0.2) is 0 Å². The van der Waals surface area contributed by atoms with Crippen molar-refractivity contribution in [3.05, 3.63) is 0 Å². The summed E-state index contributed by atoms with van der Waals surface area (Å²) in [5.74, 6) is 2.39. The molecule has 0 radical (unpaired) electrons. The van der Waals surface area contributed by atoms with E-state index in [9.17, 15) is 5.11 Å². The fourth-order valence-electron chi connectivity index (χ4n) is 4.49. The monoisotopic (exact) mass is 282 g/mol. The maximum atomic E-state index is 9.61. The Labute approximate surface area is 125 Å². The minimum absolute atomic E-state index is 0.337. The Kier molecular flexibility index (Phi) is 6.31. The van der Waals surface area contributed by atoms with E-state index in [1.54, 1.807) is 0 Å². The predicted octanol–water partition coefficient (Wildman–Crippen LogP) is 2.49. The Morgan fingerprint density at radius 2 is 2.00 bits per heavy atom. The van der Waals surface area contributed by atoms with Crippen molar-refractivity contribution < 1.29 is 5.11 Å². The molecular formula is C17H34N2O. The molecule has 0 aromatic heterocycles. The van der Waals surface area contributed by atoms with Gasteiger partial charge in [0, 0.05) is 18.6 Å². The van der Waals surface area contributed by atoms with E-state index in [-0.39, 0.29) is 0 Å². The van der Waals surface area contributed by atoms with Gasteiger partial charge in [0.25, 0.3) is 0 Å². The number of piperidine rings is 1. The van der Waals surface area contributed by atoms with Crippen molar-refractivity contribution in [2.45, 2.75) is 65.0 Å². The third-order valence-corrected chi connectivity index (χ3v) is 5.55. The van der Waals surface area contributed by atoms with Gasteiger partial charge in [-0.3, -0.25) is 4.90 Å². The minimum atomic E-state index is 0.337. The molecule has 0 amide bonds. The average molecular weight is 282 g/mol. The van der Waals surface area contributed by atoms with Crippen LogP contribution < -0.4 is 5.32 Å². The lowest BCUT2D eigenvalue weighted by atomic mass is 9.72. The van der Waals surface area contributed by atoms with Crippen molar-refractivity contribution in [2.24, 2.45) is 17.8 Å². The lowest BCUT2D eigenvalue weighted by Crippen LogP contribution is -2.52. The molecule has 0 aromatic rings. The second kappa shape index (κ2) is 7.77. The second-order valence-corrected chi connectivity index (χ2v) is 7.21. The highest BCUT2D eigenvalue weighted by molar-refractivity contribution is 4.91. The minimum Gasteiger partial charge on any atom is -0.395 e. The highest BCUT2D eigenvalue weighted by atomic mass is 16.3. The molecule has 5 unspecified atom stereocenters. The van der Waals surface area contributed by atoms with Gasteiger partial charge in [-0.1, -0.05) is 27.2 Å². The fourth-order valence-corrected chi connectivity index (χ4v) is 4.49. The van der Waals surface area contributed by atoms with E-state index in [1.165, 1.54) is 45.2 Å². The van der Waals surface area contributed by atoms with Crippen molar-refractivity contribution in [2.75, 3.05) is 26.2 Å². The normalized spacial score (nSPS) is 39.9. The van der Waals surface area contributed by atoms with Crippen molar-refractivity contribution >= 4 is 0 Å². The molecule has 1 aliphatic heterocycles. The number of rotatable bonds is 5. The highest BCUT2D eigenvalue weighted by Crippen LogP contribution is 2.35. The number of likely N-dealkylation sites (tertiary alicyclic amines) is 1. The molecule has 0 aromatic carbocycles. The fraction of sp³-hybridized carbons (Fsp3) is 1.00. The van der Waals surface area contributed by atoms with Crippen LogP contribution in [0.1, 0.15) is 52.9 Å². The molecule has 2 rings (SSSR count). The Balaban J connectivity index is 1.99. The summed E-state index contributed by atoms with van der Waals surface area (Å²) < 4.78 is 0. The molecule has 1 saturated heterocycles. The van der Waals surface area contributed by atoms with Gasteiger partial charge in [0.1, 0.15) is 0 Å². The number of hydrogen-bond acceptors (Lipinski definition) is 3. The zero-order valence-corrected chi connectivity index (χ0v) is 13.6. The Bertz CT molecular complexity index is 284. The van der Waals surface area contributed by atoms with Crippen LogP contribution in [-0.4, -0.2) is 48.3 Å². The van der Waals surface area contributed by atoms with Crippen molar-refractivity contribution in [1.82, 2.24) is 10.2 Å². The summed E-state index contributed by atoms with van der Waals surface area (Å²) in [4.78, 5) is 2.57. The van der Waals surface area contributed by atoms with Crippen molar-refractivity contribution in [3.8, 4) is 0 Å². The summed E-state index contributed by atoms with van der Waals surface area (Å²) in [5, 5.41) is 13.3. The maximum absolute atomic E-state index is 9.61. The zero-order chi connectivity index (χ0) is 14.5. The summed E-state index contributed by atoms with van der Waals surface area (Å²) in [5.41, 5.74) is 0. The number of aliphatic hydroxyl groups is 1. The van der Waals surface area contributed by atoms with Gasteiger partial charge < -0.3 is 10.4 Å². The molecular weight excluding hydrogens is 248 g/mol. The molecule has 1 heterocycles. The van der Waals surface area contributed by atoms with Gasteiger partial charge in [0.15, 0.2) is 0 Å². The van der Waals surface area contributed by atoms with E-state index in [1.807, 2.05) is 0 Å². The average Bonchev–Trinajstić information content (AvgIpc) is 2.43. The standard InChI is InChI=1S/C17H34N2O/c1-4-18-17-10-13(2)9-14(3)16(17)11-19-8-6-5-7-15(19)12-20/h13-18,20H,4-12H2,1-3H3. The second-order valence-electron chi connectivity index (χ2n) is 7.21. The quantitative estimate of drug-likeness (QED) is 0.813. The molecule has 0 spiro atoms. The Morgan fingerprint density at radius 3 is 2.70 bits per heavy atom. The van der Waals surface area contributed by atoms with Gasteiger partial charge >= 0.3 is 0 Å². The predicted molar refractivity (Wildman–Crippen MR) is 84.8 cm³/mol. The highest BCUT2D eigenvalue weighted by Gasteiger charge is 2.36. The summed E-state index contributed by atoms with van der Waals surface area (Å²) in [7, 11) is 0. The molecule has 2 aliphatic rings. The first-order valence-corrected chi connectivity index (χ1v) is 8.74. The summed E-state index contributed by atoms with van der Waals surface area (Å²) in [6.45, 7) is 10.8. The number of nitrogens with zero attached hydrogens (tertiary/aromatic N) is 1. The molecule has 5 atom stereocenters. The molecule has 3 heteroatoms. The molecule has 2 N–H and O–H groups in total. The maximum Gasteiger partial charge on any atom is 0.0586 e. The molecule has 20 heavy (non-hydrogen) atoms. The van der Waals surface area contributed by atoms with E-state index < -0.39 is 0 Å². The summed E-state index contributed by atoms with van der Waals surface area (Å²) in [6, 6.07) is 1.08. The van der Waals surface area contributed by atoms with Gasteiger partial charge in [0.2, 0.25) is 0 Å². The third kappa shape index (κ3) is 3.96. The SMILES string of the molecule is CCNC1CC(C)CC(C)C1CN1CCCCC1CO. The van der Waals surface area contributed by atoms with E-state index in [4.69, 9.17) is 0 Å². The summed E-state index contributed by atoms with van der Waals surface area (Å²) in [6.07, 6.45) is 6.46. The van der Waals surface area contributed by atoms with E-state index in [0.717, 1.165) is 24.3 Å². The first-order chi connectivity index (χ1) is 9.65. The van der Waals surface area contributed by atoms with Crippen molar-refractivity contribution in [3.63, 3.8) is 0 Å². The molecule has 3 nitrogen and oxygen atoms in total. The molecule has 118 valence electrons. The van der Waals surface area contributed by atoms with Gasteiger partial charge in [-0.25, -0.2) is 0 Å². The lowest BCUT2D eigenvalue weighted by molar-refractivity contribution is 0.0400. The number of hydrogen-bond donors (Lipinski definition) is 2. The molecule has 1 aliphatic carbocycles. The van der Waals surface area contributed by atoms with Gasteiger partial charge in [-0.2, -0.15) is 0 Å². The topological polar surface area (TPSA) is 35.5 Å². The van der Waals surface area contributed by atoms with Crippen LogP contribution in [0.25, 0.3) is 0 Å².